The number of likely N-dealkylation sites (N-methyl/N-ethyl adjacent to an activating group) is 1. The quantitative estimate of drug-likeness (QED) is 0.372. The van der Waals surface area contributed by atoms with Crippen LogP contribution in [0.2, 0.25) is 0 Å². The lowest BCUT2D eigenvalue weighted by atomic mass is 9.96. The van der Waals surface area contributed by atoms with E-state index in [1.807, 2.05) is 6.07 Å². The molecule has 0 fully saturated rings. The Labute approximate surface area is 170 Å². The molecule has 0 aliphatic rings. The molecule has 2 aromatic rings. The molecule has 0 saturated carbocycles. The van der Waals surface area contributed by atoms with Crippen molar-refractivity contribution in [2.75, 3.05) is 20.2 Å². The molecule has 3 nitrogen and oxygen atoms in total. The maximum Gasteiger partial charge on any atom is 0.245 e. The highest BCUT2D eigenvalue weighted by Crippen LogP contribution is 2.28. The Hall–Kier alpha value is -2.55. The van der Waals surface area contributed by atoms with E-state index < -0.39 is 0 Å². The number of nitrogens with zero attached hydrogens (tertiary/aromatic N) is 1. The molecule has 2 rings (SSSR count). The van der Waals surface area contributed by atoms with Crippen LogP contribution in [0, 0.1) is 0 Å². The van der Waals surface area contributed by atoms with Crippen molar-refractivity contribution in [2.24, 2.45) is 0 Å². The third-order valence-electron chi connectivity index (χ3n) is 5.04. The molecule has 2 aromatic carbocycles. The van der Waals surface area contributed by atoms with Gasteiger partial charge in [0.2, 0.25) is 5.91 Å². The highest BCUT2D eigenvalue weighted by atomic mass is 16.5. The topological polar surface area (TPSA) is 29.5 Å². The number of rotatable bonds is 11. The monoisotopic (exact) mass is 379 g/mol. The summed E-state index contributed by atoms with van der Waals surface area (Å²) < 4.78 is 5.85. The Bertz CT molecular complexity index is 765. The SMILES string of the molecule is C=CC(=O)N(C)CCOc1ccc(-c2ccc(CCCCC)cc2)c(CC)c1. The van der Waals surface area contributed by atoms with Gasteiger partial charge >= 0.3 is 0 Å². The summed E-state index contributed by atoms with van der Waals surface area (Å²) in [5, 5.41) is 0. The molecule has 0 bridgehead atoms. The van der Waals surface area contributed by atoms with Crippen LogP contribution in [0.5, 0.6) is 5.75 Å². The molecule has 1 amide bonds. The van der Waals surface area contributed by atoms with E-state index >= 15 is 0 Å². The first-order chi connectivity index (χ1) is 13.6. The summed E-state index contributed by atoms with van der Waals surface area (Å²) in [4.78, 5) is 13.1. The predicted octanol–water partition coefficient (Wildman–Crippen LogP) is 5.67. The predicted molar refractivity (Wildman–Crippen MR) is 118 cm³/mol. The molecule has 28 heavy (non-hydrogen) atoms. The fourth-order valence-electron chi connectivity index (χ4n) is 3.23. The fraction of sp³-hybridized carbons (Fsp3) is 0.400. The van der Waals surface area contributed by atoms with E-state index in [0.717, 1.165) is 18.6 Å². The molecule has 0 saturated heterocycles. The van der Waals surface area contributed by atoms with E-state index in [2.05, 4.69) is 56.8 Å². The fourth-order valence-corrected chi connectivity index (χ4v) is 3.23. The Morgan fingerprint density at radius 2 is 1.86 bits per heavy atom. The summed E-state index contributed by atoms with van der Waals surface area (Å²) in [7, 11) is 1.75. The first-order valence-corrected chi connectivity index (χ1v) is 10.3. The number of carbonyl (C=O) groups is 1. The molecule has 0 unspecified atom stereocenters. The third kappa shape index (κ3) is 6.26. The Kier molecular flexibility index (Phi) is 8.80. The van der Waals surface area contributed by atoms with Gasteiger partial charge in [0.05, 0.1) is 6.54 Å². The largest absolute Gasteiger partial charge is 0.492 e. The molecular weight excluding hydrogens is 346 g/mol. The zero-order chi connectivity index (χ0) is 20.4. The van der Waals surface area contributed by atoms with Crippen molar-refractivity contribution in [3.63, 3.8) is 0 Å². The lowest BCUT2D eigenvalue weighted by Gasteiger charge is -2.16. The van der Waals surface area contributed by atoms with Gasteiger partial charge in [-0.25, -0.2) is 0 Å². The number of ether oxygens (including phenoxy) is 1. The van der Waals surface area contributed by atoms with Crippen molar-refractivity contribution in [1.29, 1.82) is 0 Å². The lowest BCUT2D eigenvalue weighted by molar-refractivity contribution is -0.125. The van der Waals surface area contributed by atoms with Gasteiger partial charge in [0.15, 0.2) is 0 Å². The maximum absolute atomic E-state index is 11.5. The minimum atomic E-state index is -0.0914. The second-order valence-electron chi connectivity index (χ2n) is 7.14. The lowest BCUT2D eigenvalue weighted by Crippen LogP contribution is -2.29. The van der Waals surface area contributed by atoms with E-state index in [9.17, 15) is 4.79 Å². The van der Waals surface area contributed by atoms with Gasteiger partial charge in [0.25, 0.3) is 0 Å². The van der Waals surface area contributed by atoms with Gasteiger partial charge in [-0.15, -0.1) is 0 Å². The van der Waals surface area contributed by atoms with Gasteiger partial charge in [-0.05, 0) is 59.7 Å². The summed E-state index contributed by atoms with van der Waals surface area (Å²) in [6, 6.07) is 15.2. The van der Waals surface area contributed by atoms with Gasteiger partial charge in [0, 0.05) is 7.05 Å². The van der Waals surface area contributed by atoms with Gasteiger partial charge in [0.1, 0.15) is 12.4 Å². The molecule has 0 aliphatic carbocycles. The maximum atomic E-state index is 11.5. The highest BCUT2D eigenvalue weighted by molar-refractivity contribution is 5.86. The van der Waals surface area contributed by atoms with Crippen LogP contribution >= 0.6 is 0 Å². The van der Waals surface area contributed by atoms with Crippen molar-refractivity contribution in [3.8, 4) is 16.9 Å². The number of unbranched alkanes of at least 4 members (excludes halogenated alkanes) is 2. The first-order valence-electron chi connectivity index (χ1n) is 10.3. The average molecular weight is 380 g/mol. The highest BCUT2D eigenvalue weighted by Gasteiger charge is 2.08. The van der Waals surface area contributed by atoms with Gasteiger partial charge in [-0.2, -0.15) is 0 Å². The summed E-state index contributed by atoms with van der Waals surface area (Å²) in [6.45, 7) is 8.90. The van der Waals surface area contributed by atoms with Crippen LogP contribution in [0.4, 0.5) is 0 Å². The van der Waals surface area contributed by atoms with Crippen LogP contribution in [-0.4, -0.2) is 31.0 Å². The number of carbonyl (C=O) groups excluding carboxylic acids is 1. The van der Waals surface area contributed by atoms with Crippen LogP contribution in [-0.2, 0) is 17.6 Å². The van der Waals surface area contributed by atoms with Gasteiger partial charge in [-0.1, -0.05) is 63.6 Å². The van der Waals surface area contributed by atoms with Crippen LogP contribution in [0.15, 0.2) is 55.1 Å². The third-order valence-corrected chi connectivity index (χ3v) is 5.04. The van der Waals surface area contributed by atoms with E-state index in [4.69, 9.17) is 4.74 Å². The minimum Gasteiger partial charge on any atom is -0.492 e. The van der Waals surface area contributed by atoms with Crippen molar-refractivity contribution in [3.05, 3.63) is 66.2 Å². The number of benzene rings is 2. The normalized spacial score (nSPS) is 10.5. The van der Waals surface area contributed by atoms with Crippen LogP contribution in [0.25, 0.3) is 11.1 Å². The Morgan fingerprint density at radius 1 is 1.11 bits per heavy atom. The summed E-state index contributed by atoms with van der Waals surface area (Å²) in [5.74, 6) is 0.752. The molecule has 0 heterocycles. The van der Waals surface area contributed by atoms with Gasteiger partial charge in [-0.3, -0.25) is 4.79 Å². The van der Waals surface area contributed by atoms with Crippen molar-refractivity contribution in [2.45, 2.75) is 46.0 Å². The molecule has 3 heteroatoms. The average Bonchev–Trinajstić information content (AvgIpc) is 2.73. The summed E-state index contributed by atoms with van der Waals surface area (Å²) >= 11 is 0. The zero-order valence-corrected chi connectivity index (χ0v) is 17.5. The van der Waals surface area contributed by atoms with E-state index in [-0.39, 0.29) is 5.91 Å². The number of hydrogen-bond donors (Lipinski definition) is 0. The van der Waals surface area contributed by atoms with E-state index in [1.165, 1.54) is 47.6 Å². The molecule has 0 radical (unpaired) electrons. The second kappa shape index (κ2) is 11.3. The summed E-state index contributed by atoms with van der Waals surface area (Å²) in [6.07, 6.45) is 7.23. The molecular formula is C25H33NO2. The van der Waals surface area contributed by atoms with Gasteiger partial charge < -0.3 is 9.64 Å². The molecule has 0 N–H and O–H groups in total. The second-order valence-corrected chi connectivity index (χ2v) is 7.14. The molecule has 0 atom stereocenters. The zero-order valence-electron chi connectivity index (χ0n) is 17.5. The molecule has 0 spiro atoms. The van der Waals surface area contributed by atoms with E-state index in [0.29, 0.717) is 13.2 Å². The van der Waals surface area contributed by atoms with Crippen LogP contribution in [0.1, 0.15) is 44.2 Å². The molecule has 0 aliphatic heterocycles. The smallest absolute Gasteiger partial charge is 0.245 e. The number of amides is 1. The summed E-state index contributed by atoms with van der Waals surface area (Å²) in [5.41, 5.74) is 5.19. The van der Waals surface area contributed by atoms with E-state index in [1.54, 1.807) is 11.9 Å². The Morgan fingerprint density at radius 3 is 2.50 bits per heavy atom. The van der Waals surface area contributed by atoms with Crippen molar-refractivity contribution < 1.29 is 9.53 Å². The van der Waals surface area contributed by atoms with Crippen molar-refractivity contribution in [1.82, 2.24) is 4.90 Å². The minimum absolute atomic E-state index is 0.0914. The van der Waals surface area contributed by atoms with Crippen LogP contribution in [0.3, 0.4) is 0 Å². The van der Waals surface area contributed by atoms with Crippen molar-refractivity contribution >= 4 is 5.91 Å². The molecule has 0 aromatic heterocycles. The standard InChI is InChI=1S/C25H33NO2/c1-5-8-9-10-20-11-13-22(14-12-20)24-16-15-23(19-21(24)6-2)28-18-17-26(4)25(27)7-3/h7,11-16,19H,3,5-6,8-10,17-18H2,1-2,4H3. The number of aryl methyl sites for hydroxylation is 2. The first kappa shape index (κ1) is 21.7. The molecule has 150 valence electrons. The van der Waals surface area contributed by atoms with Crippen LogP contribution < -0.4 is 4.74 Å². The Balaban J connectivity index is 2.02. The number of hydrogen-bond acceptors (Lipinski definition) is 2.